The Labute approximate surface area is 99.4 Å². The molecule has 92 valence electrons. The van der Waals surface area contributed by atoms with Crippen molar-refractivity contribution in [2.45, 2.75) is 0 Å². The molecule has 2 aromatic rings. The predicted molar refractivity (Wildman–Crippen MR) is 59.6 cm³/mol. The second kappa shape index (κ2) is 5.67. The molecule has 0 atom stereocenters. The van der Waals surface area contributed by atoms with E-state index in [4.69, 9.17) is 0 Å². The van der Waals surface area contributed by atoms with E-state index >= 15 is 0 Å². The molecule has 1 heterocycles. The van der Waals surface area contributed by atoms with Crippen molar-refractivity contribution in [1.82, 2.24) is 4.98 Å². The largest absolute Gasteiger partial charge is 0.726 e. The third kappa shape index (κ3) is 4.43. The summed E-state index contributed by atoms with van der Waals surface area (Å²) in [5.74, 6) is 0. The van der Waals surface area contributed by atoms with E-state index in [1.165, 1.54) is 0 Å². The van der Waals surface area contributed by atoms with Gasteiger partial charge in [0.15, 0.2) is 6.20 Å². The Kier molecular flexibility index (Phi) is 4.50. The van der Waals surface area contributed by atoms with E-state index in [1.807, 2.05) is 37.6 Å². The van der Waals surface area contributed by atoms with Gasteiger partial charge in [-0.25, -0.2) is 13.4 Å². The van der Waals surface area contributed by atoms with Crippen molar-refractivity contribution in [3.63, 3.8) is 0 Å². The first-order valence-corrected chi connectivity index (χ1v) is 5.98. The van der Waals surface area contributed by atoms with E-state index in [1.54, 1.807) is 0 Å². The lowest BCUT2D eigenvalue weighted by Gasteiger charge is -1.98. The minimum Gasteiger partial charge on any atom is -0.726 e. The lowest BCUT2D eigenvalue weighted by molar-refractivity contribution is -0.645. The smallest absolute Gasteiger partial charge is 0.230 e. The molecule has 0 N–H and O–H groups in total. The second-order valence-corrected chi connectivity index (χ2v) is 4.25. The van der Waals surface area contributed by atoms with Crippen LogP contribution in [0.5, 0.6) is 0 Å². The zero-order chi connectivity index (χ0) is 12.9. The average Bonchev–Trinajstić information content (AvgIpc) is 2.30. The first-order chi connectivity index (χ1) is 7.94. The number of nitrogens with zero attached hydrogens (tertiary/aromatic N) is 2. The summed E-state index contributed by atoms with van der Waals surface area (Å²) in [6.45, 7) is 0. The molecule has 0 saturated heterocycles. The molecule has 0 amide bonds. The van der Waals surface area contributed by atoms with Crippen LogP contribution in [0, 0.1) is 0 Å². The standard InChI is InChI=1S/C9H9N2.CH4O4S/c1-11-7-6-10-8-4-2-3-5-9(8)11;1-5-6(2,3)4/h2-7H,1H3;1H3,(H,2,3,4)/q+1;/p-1. The van der Waals surface area contributed by atoms with Crippen LogP contribution in [0.1, 0.15) is 0 Å². The maximum Gasteiger partial charge on any atom is 0.230 e. The van der Waals surface area contributed by atoms with Crippen molar-refractivity contribution in [3.05, 3.63) is 36.7 Å². The van der Waals surface area contributed by atoms with Gasteiger partial charge in [0.2, 0.25) is 15.9 Å². The van der Waals surface area contributed by atoms with Gasteiger partial charge in [0.05, 0.1) is 13.3 Å². The number of para-hydroxylation sites is 2. The van der Waals surface area contributed by atoms with Gasteiger partial charge in [-0.3, -0.25) is 4.18 Å². The minimum atomic E-state index is -4.41. The molecule has 0 unspecified atom stereocenters. The van der Waals surface area contributed by atoms with Crippen LogP contribution in [0.2, 0.25) is 0 Å². The van der Waals surface area contributed by atoms with E-state index < -0.39 is 10.4 Å². The van der Waals surface area contributed by atoms with Crippen molar-refractivity contribution in [1.29, 1.82) is 0 Å². The number of aromatic nitrogens is 2. The van der Waals surface area contributed by atoms with Gasteiger partial charge in [-0.15, -0.1) is 0 Å². The molecule has 0 saturated carbocycles. The Morgan fingerprint density at radius 2 is 1.94 bits per heavy atom. The van der Waals surface area contributed by atoms with E-state index in [9.17, 15) is 13.0 Å². The van der Waals surface area contributed by atoms with Crippen molar-refractivity contribution in [2.24, 2.45) is 7.05 Å². The van der Waals surface area contributed by atoms with Crippen LogP contribution in [-0.4, -0.2) is 25.1 Å². The Morgan fingerprint density at radius 3 is 2.47 bits per heavy atom. The molecule has 0 radical (unpaired) electrons. The molecule has 0 aliphatic carbocycles. The monoisotopic (exact) mass is 256 g/mol. The quantitative estimate of drug-likeness (QED) is 0.412. The number of rotatable bonds is 1. The molecule has 17 heavy (non-hydrogen) atoms. The van der Waals surface area contributed by atoms with Crippen molar-refractivity contribution < 1.29 is 21.7 Å². The van der Waals surface area contributed by atoms with E-state index in [0.29, 0.717) is 0 Å². The molecule has 7 heteroatoms. The fraction of sp³-hybridized carbons (Fsp3) is 0.200. The van der Waals surface area contributed by atoms with Crippen LogP contribution in [-0.2, 0) is 21.6 Å². The zero-order valence-corrected chi connectivity index (χ0v) is 10.2. The van der Waals surface area contributed by atoms with Gasteiger partial charge in [0, 0.05) is 6.07 Å². The molecule has 0 aliphatic rings. The van der Waals surface area contributed by atoms with E-state index in [-0.39, 0.29) is 0 Å². The molecule has 1 aromatic heterocycles. The molecule has 0 aliphatic heterocycles. The van der Waals surface area contributed by atoms with Crippen molar-refractivity contribution in [3.8, 4) is 0 Å². The second-order valence-electron chi connectivity index (χ2n) is 3.10. The van der Waals surface area contributed by atoms with E-state index in [0.717, 1.165) is 18.1 Å². The molecule has 0 bridgehead atoms. The topological polar surface area (TPSA) is 83.2 Å². The Morgan fingerprint density at radius 1 is 1.35 bits per heavy atom. The highest BCUT2D eigenvalue weighted by Crippen LogP contribution is 2.02. The maximum atomic E-state index is 9.22. The minimum absolute atomic E-state index is 0.808. The number of benzene rings is 1. The summed E-state index contributed by atoms with van der Waals surface area (Å²) in [7, 11) is -1.59. The molecule has 6 nitrogen and oxygen atoms in total. The van der Waals surface area contributed by atoms with Crippen LogP contribution < -0.4 is 4.57 Å². The van der Waals surface area contributed by atoms with Gasteiger partial charge in [-0.1, -0.05) is 12.1 Å². The maximum absolute atomic E-state index is 9.22. The normalized spacial score (nSPS) is 10.8. The van der Waals surface area contributed by atoms with Crippen LogP contribution in [0.25, 0.3) is 11.0 Å². The van der Waals surface area contributed by atoms with Crippen molar-refractivity contribution in [2.75, 3.05) is 7.11 Å². The van der Waals surface area contributed by atoms with Gasteiger partial charge >= 0.3 is 0 Å². The lowest BCUT2D eigenvalue weighted by Crippen LogP contribution is -2.28. The highest BCUT2D eigenvalue weighted by molar-refractivity contribution is 7.80. The number of hydrogen-bond acceptors (Lipinski definition) is 5. The first-order valence-electron chi connectivity index (χ1n) is 4.65. The summed E-state index contributed by atoms with van der Waals surface area (Å²) in [6.07, 6.45) is 3.75. The number of fused-ring (bicyclic) bond motifs is 1. The predicted octanol–water partition coefficient (Wildman–Crippen LogP) is 0.152. The fourth-order valence-electron chi connectivity index (χ4n) is 1.17. The van der Waals surface area contributed by atoms with Crippen molar-refractivity contribution >= 4 is 21.4 Å². The molecule has 2 rings (SSSR count). The summed E-state index contributed by atoms with van der Waals surface area (Å²) in [5.41, 5.74) is 2.20. The first kappa shape index (κ1) is 13.5. The Balaban J connectivity index is 0.000000209. The highest BCUT2D eigenvalue weighted by atomic mass is 32.3. The van der Waals surface area contributed by atoms with E-state index in [2.05, 4.69) is 19.8 Å². The zero-order valence-electron chi connectivity index (χ0n) is 9.40. The summed E-state index contributed by atoms with van der Waals surface area (Å²) in [4.78, 5) is 4.22. The van der Waals surface area contributed by atoms with Gasteiger partial charge in [0.25, 0.3) is 0 Å². The molecule has 1 aromatic carbocycles. The average molecular weight is 256 g/mol. The SMILES string of the molecule is COS(=O)(=O)[O-].C[n+]1ccnc2ccccc21. The Bertz CT molecular complexity index is 593. The summed E-state index contributed by atoms with van der Waals surface area (Å²) in [6, 6.07) is 8.08. The third-order valence-electron chi connectivity index (χ3n) is 1.97. The Hall–Kier alpha value is -1.57. The molecular formula is C10H12N2O4S. The van der Waals surface area contributed by atoms with Gasteiger partial charge < -0.3 is 4.55 Å². The lowest BCUT2D eigenvalue weighted by atomic mass is 10.3. The van der Waals surface area contributed by atoms with Crippen LogP contribution in [0.4, 0.5) is 0 Å². The van der Waals surface area contributed by atoms with Crippen LogP contribution in [0.3, 0.4) is 0 Å². The molecule has 0 fully saturated rings. The van der Waals surface area contributed by atoms with Crippen LogP contribution in [0.15, 0.2) is 36.7 Å². The van der Waals surface area contributed by atoms with Gasteiger partial charge in [0.1, 0.15) is 12.6 Å². The highest BCUT2D eigenvalue weighted by Gasteiger charge is 2.00. The molecule has 0 spiro atoms. The summed E-state index contributed by atoms with van der Waals surface area (Å²) >= 11 is 0. The summed E-state index contributed by atoms with van der Waals surface area (Å²) < 4.78 is 33.1. The van der Waals surface area contributed by atoms with Gasteiger partial charge in [-0.05, 0) is 6.07 Å². The number of aryl methyl sites for hydroxylation is 1. The summed E-state index contributed by atoms with van der Waals surface area (Å²) in [5, 5.41) is 0. The fourth-order valence-corrected chi connectivity index (χ4v) is 1.17. The number of hydrogen-bond donors (Lipinski definition) is 0. The third-order valence-corrected chi connectivity index (χ3v) is 2.38. The van der Waals surface area contributed by atoms with Crippen LogP contribution >= 0.6 is 0 Å². The van der Waals surface area contributed by atoms with Gasteiger partial charge in [-0.2, -0.15) is 4.57 Å². The molecular weight excluding hydrogens is 244 g/mol.